The molecule has 7 heteroatoms. The van der Waals surface area contributed by atoms with E-state index in [1.807, 2.05) is 6.92 Å². The maximum atomic E-state index is 11.0. The summed E-state index contributed by atoms with van der Waals surface area (Å²) in [6, 6.07) is 4.73. The summed E-state index contributed by atoms with van der Waals surface area (Å²) in [6.45, 7) is 2.63. The zero-order valence-electron chi connectivity index (χ0n) is 9.51. The molecular weight excluding hydrogens is 274 g/mol. The number of nitrogens with one attached hydrogen (secondary N) is 1. The molecule has 0 saturated heterocycles. The minimum Gasteiger partial charge on any atom is -0.370 e. The number of thiophene rings is 1. The first-order valence-corrected chi connectivity index (χ1v) is 6.52. The fourth-order valence-corrected chi connectivity index (χ4v) is 2.65. The number of hydrogen-bond acceptors (Lipinski definition) is 5. The highest BCUT2D eigenvalue weighted by atomic mass is 35.5. The van der Waals surface area contributed by atoms with Gasteiger partial charge in [0, 0.05) is 12.6 Å². The molecule has 0 unspecified atom stereocenters. The lowest BCUT2D eigenvalue weighted by atomic mass is 10.2. The van der Waals surface area contributed by atoms with Gasteiger partial charge in [-0.2, -0.15) is 0 Å². The van der Waals surface area contributed by atoms with Gasteiger partial charge in [-0.25, -0.2) is 4.98 Å². The molecule has 2 heterocycles. The minimum atomic E-state index is -0.450. The van der Waals surface area contributed by atoms with Gasteiger partial charge in [0.25, 0.3) is 5.69 Å². The molecule has 0 radical (unpaired) electrons. The molecule has 5 nitrogen and oxygen atoms in total. The molecule has 0 fully saturated rings. The van der Waals surface area contributed by atoms with Crippen molar-refractivity contribution in [2.24, 2.45) is 0 Å². The number of nitro groups is 1. The minimum absolute atomic E-state index is 0.0407. The topological polar surface area (TPSA) is 68.1 Å². The largest absolute Gasteiger partial charge is 0.370 e. The maximum Gasteiger partial charge on any atom is 0.296 e. The zero-order valence-corrected chi connectivity index (χ0v) is 11.1. The first kappa shape index (κ1) is 12.8. The van der Waals surface area contributed by atoms with Crippen molar-refractivity contribution >= 4 is 34.4 Å². The predicted molar refractivity (Wildman–Crippen MR) is 73.4 cm³/mol. The van der Waals surface area contributed by atoms with Crippen LogP contribution in [0.15, 0.2) is 23.6 Å². The molecular formula is C11H10ClN3O2S. The summed E-state index contributed by atoms with van der Waals surface area (Å²) < 4.78 is 0. The van der Waals surface area contributed by atoms with Gasteiger partial charge in [-0.05, 0) is 24.4 Å². The molecule has 94 valence electrons. The Morgan fingerprint density at radius 2 is 2.28 bits per heavy atom. The highest BCUT2D eigenvalue weighted by molar-refractivity contribution is 7.14. The van der Waals surface area contributed by atoms with E-state index >= 15 is 0 Å². The van der Waals surface area contributed by atoms with Crippen molar-refractivity contribution in [3.63, 3.8) is 0 Å². The first-order chi connectivity index (χ1) is 8.63. The molecule has 2 rings (SSSR count). The van der Waals surface area contributed by atoms with Crippen LogP contribution in [0, 0.1) is 10.1 Å². The lowest BCUT2D eigenvalue weighted by Crippen LogP contribution is -2.01. The van der Waals surface area contributed by atoms with Crippen molar-refractivity contribution in [3.05, 3.63) is 38.7 Å². The van der Waals surface area contributed by atoms with Crippen LogP contribution in [-0.2, 0) is 0 Å². The Labute approximate surface area is 113 Å². The third kappa shape index (κ3) is 2.44. The smallest absolute Gasteiger partial charge is 0.296 e. The average molecular weight is 284 g/mol. The number of pyridine rings is 1. The lowest BCUT2D eigenvalue weighted by Gasteiger charge is -2.05. The molecule has 0 spiro atoms. The van der Waals surface area contributed by atoms with Crippen molar-refractivity contribution in [1.82, 2.24) is 4.98 Å². The van der Waals surface area contributed by atoms with Gasteiger partial charge in [0.05, 0.1) is 14.8 Å². The second-order valence-electron chi connectivity index (χ2n) is 3.45. The van der Waals surface area contributed by atoms with Gasteiger partial charge < -0.3 is 5.32 Å². The monoisotopic (exact) mass is 283 g/mol. The van der Waals surface area contributed by atoms with Crippen LogP contribution in [0.1, 0.15) is 6.92 Å². The van der Waals surface area contributed by atoms with E-state index in [4.69, 9.17) is 11.6 Å². The van der Waals surface area contributed by atoms with Crippen molar-refractivity contribution < 1.29 is 4.92 Å². The van der Waals surface area contributed by atoms with Crippen LogP contribution in [0.5, 0.6) is 0 Å². The van der Waals surface area contributed by atoms with Gasteiger partial charge >= 0.3 is 0 Å². The number of aromatic nitrogens is 1. The molecule has 0 saturated carbocycles. The quantitative estimate of drug-likeness (QED) is 0.684. The number of nitrogens with zero attached hydrogens (tertiary/aromatic N) is 2. The Balaban J connectivity index is 2.58. The lowest BCUT2D eigenvalue weighted by molar-refractivity contribution is -0.384. The summed E-state index contributed by atoms with van der Waals surface area (Å²) in [6.07, 6.45) is 0. The van der Waals surface area contributed by atoms with E-state index in [0.717, 1.165) is 0 Å². The van der Waals surface area contributed by atoms with Crippen LogP contribution >= 0.6 is 22.9 Å². The standard InChI is InChI=1S/C11H10ClN3O2S/c1-2-13-9-4-3-8(15(16)17)10(14-9)11-7(12)5-6-18-11/h3-6H,2H2,1H3,(H,13,14). The number of hydrogen-bond donors (Lipinski definition) is 1. The van der Waals surface area contributed by atoms with Crippen molar-refractivity contribution in [2.45, 2.75) is 6.92 Å². The molecule has 0 aliphatic carbocycles. The summed E-state index contributed by atoms with van der Waals surface area (Å²) in [7, 11) is 0. The summed E-state index contributed by atoms with van der Waals surface area (Å²) in [5, 5.41) is 16.3. The van der Waals surface area contributed by atoms with Gasteiger partial charge in [-0.15, -0.1) is 11.3 Å². The molecule has 2 aromatic rings. The van der Waals surface area contributed by atoms with Gasteiger partial charge in [0.1, 0.15) is 5.82 Å². The van der Waals surface area contributed by atoms with Crippen molar-refractivity contribution in [1.29, 1.82) is 0 Å². The van der Waals surface area contributed by atoms with E-state index in [1.54, 1.807) is 17.5 Å². The normalized spacial score (nSPS) is 10.3. The Morgan fingerprint density at radius 3 is 2.83 bits per heavy atom. The maximum absolute atomic E-state index is 11.0. The molecule has 0 aromatic carbocycles. The Kier molecular flexibility index (Phi) is 3.78. The Hall–Kier alpha value is -1.66. The number of rotatable bonds is 4. The number of anilines is 1. The molecule has 18 heavy (non-hydrogen) atoms. The molecule has 0 amide bonds. The van der Waals surface area contributed by atoms with Gasteiger partial charge in [0.2, 0.25) is 0 Å². The van der Waals surface area contributed by atoms with Gasteiger partial charge in [-0.1, -0.05) is 11.6 Å². The van der Waals surface area contributed by atoms with Crippen LogP contribution in [0.2, 0.25) is 5.02 Å². The highest BCUT2D eigenvalue weighted by Crippen LogP contribution is 2.37. The van der Waals surface area contributed by atoms with E-state index in [-0.39, 0.29) is 5.69 Å². The predicted octanol–water partition coefficient (Wildman–Crippen LogP) is 3.80. The zero-order chi connectivity index (χ0) is 13.1. The average Bonchev–Trinajstić information content (AvgIpc) is 2.75. The third-order valence-electron chi connectivity index (χ3n) is 2.26. The molecule has 1 N–H and O–H groups in total. The highest BCUT2D eigenvalue weighted by Gasteiger charge is 2.20. The molecule has 0 atom stereocenters. The molecule has 0 bridgehead atoms. The second-order valence-corrected chi connectivity index (χ2v) is 4.77. The SMILES string of the molecule is CCNc1ccc([N+](=O)[O-])c(-c2sccc2Cl)n1. The van der Waals surface area contributed by atoms with Crippen molar-refractivity contribution in [3.8, 4) is 10.6 Å². The van der Waals surface area contributed by atoms with E-state index in [9.17, 15) is 10.1 Å². The first-order valence-electron chi connectivity index (χ1n) is 5.26. The summed E-state index contributed by atoms with van der Waals surface area (Å²) >= 11 is 7.34. The second kappa shape index (κ2) is 5.32. The molecule has 2 aromatic heterocycles. The van der Waals surface area contributed by atoms with Gasteiger partial charge in [-0.3, -0.25) is 10.1 Å². The van der Waals surface area contributed by atoms with Crippen LogP contribution in [0.4, 0.5) is 11.5 Å². The van der Waals surface area contributed by atoms with Crippen LogP contribution in [0.3, 0.4) is 0 Å². The Bertz CT molecular complexity index is 585. The molecule has 0 aliphatic heterocycles. The van der Waals surface area contributed by atoms with E-state index in [2.05, 4.69) is 10.3 Å². The van der Waals surface area contributed by atoms with E-state index in [0.29, 0.717) is 28.0 Å². The van der Waals surface area contributed by atoms with E-state index in [1.165, 1.54) is 17.4 Å². The fraction of sp³-hybridized carbons (Fsp3) is 0.182. The number of halogens is 1. The summed E-state index contributed by atoms with van der Waals surface area (Å²) in [5.41, 5.74) is 0.263. The van der Waals surface area contributed by atoms with E-state index < -0.39 is 4.92 Å². The Morgan fingerprint density at radius 1 is 1.50 bits per heavy atom. The van der Waals surface area contributed by atoms with Gasteiger partial charge in [0.15, 0.2) is 5.69 Å². The van der Waals surface area contributed by atoms with Crippen molar-refractivity contribution in [2.75, 3.05) is 11.9 Å². The summed E-state index contributed by atoms with van der Waals surface area (Å²) in [4.78, 5) is 15.4. The fourth-order valence-electron chi connectivity index (χ4n) is 1.51. The van der Waals surface area contributed by atoms with Crippen LogP contribution in [0.25, 0.3) is 10.6 Å². The van der Waals surface area contributed by atoms with Crippen LogP contribution < -0.4 is 5.32 Å². The molecule has 0 aliphatic rings. The van der Waals surface area contributed by atoms with Crippen LogP contribution in [-0.4, -0.2) is 16.5 Å². The summed E-state index contributed by atoms with van der Waals surface area (Å²) in [5.74, 6) is 0.600. The third-order valence-corrected chi connectivity index (χ3v) is 3.61.